The first-order valence-electron chi connectivity index (χ1n) is 7.69. The van der Waals surface area contributed by atoms with Crippen molar-refractivity contribution in [3.05, 3.63) is 16.6 Å². The minimum absolute atomic E-state index is 0.0174. The molecule has 0 aliphatic heterocycles. The van der Waals surface area contributed by atoms with Crippen molar-refractivity contribution in [3.8, 4) is 0 Å². The lowest BCUT2D eigenvalue weighted by Crippen LogP contribution is -2.45. The van der Waals surface area contributed by atoms with Crippen molar-refractivity contribution < 1.29 is 4.79 Å². The van der Waals surface area contributed by atoms with Gasteiger partial charge in [-0.25, -0.2) is 9.78 Å². The average molecular weight is 293 g/mol. The Morgan fingerprint density at radius 3 is 2.90 bits per heavy atom. The molecule has 1 aromatic heterocycles. The van der Waals surface area contributed by atoms with Gasteiger partial charge < -0.3 is 10.6 Å². The standard InChI is InChI=1S/C15H23N3OS/c1-10-3-2-4-12(9-10)17-15(19)18-13(11-5-6-11)14-16-7-8-20-14/h7-8,10-13H,2-6,9H2,1H3,(H2,17,18,19). The third-order valence-corrected chi connectivity index (χ3v) is 5.23. The molecular formula is C15H23N3OS. The summed E-state index contributed by atoms with van der Waals surface area (Å²) in [4.78, 5) is 16.6. The number of urea groups is 1. The zero-order valence-corrected chi connectivity index (χ0v) is 12.8. The maximum Gasteiger partial charge on any atom is 0.315 e. The molecule has 20 heavy (non-hydrogen) atoms. The van der Waals surface area contributed by atoms with E-state index in [1.54, 1.807) is 11.3 Å². The Hall–Kier alpha value is -1.10. The van der Waals surface area contributed by atoms with Crippen LogP contribution in [0.2, 0.25) is 0 Å². The molecule has 1 heterocycles. The van der Waals surface area contributed by atoms with Crippen molar-refractivity contribution in [2.75, 3.05) is 0 Å². The van der Waals surface area contributed by atoms with E-state index in [1.807, 2.05) is 11.6 Å². The molecule has 5 heteroatoms. The summed E-state index contributed by atoms with van der Waals surface area (Å²) < 4.78 is 0. The van der Waals surface area contributed by atoms with Gasteiger partial charge in [-0.3, -0.25) is 0 Å². The van der Waals surface area contributed by atoms with Crippen molar-refractivity contribution in [2.45, 2.75) is 57.5 Å². The minimum Gasteiger partial charge on any atom is -0.335 e. The highest BCUT2D eigenvalue weighted by Crippen LogP contribution is 2.41. The van der Waals surface area contributed by atoms with E-state index in [-0.39, 0.29) is 12.1 Å². The highest BCUT2D eigenvalue weighted by atomic mass is 32.1. The lowest BCUT2D eigenvalue weighted by atomic mass is 9.87. The minimum atomic E-state index is -0.0174. The van der Waals surface area contributed by atoms with Crippen LogP contribution in [0.15, 0.2) is 11.6 Å². The summed E-state index contributed by atoms with van der Waals surface area (Å²) in [6.07, 6.45) is 8.96. The SMILES string of the molecule is CC1CCCC(NC(=O)NC(c2nccs2)C2CC2)C1. The van der Waals surface area contributed by atoms with Gasteiger partial charge in [0.05, 0.1) is 6.04 Å². The van der Waals surface area contributed by atoms with Gasteiger partial charge >= 0.3 is 6.03 Å². The van der Waals surface area contributed by atoms with Crippen molar-refractivity contribution in [2.24, 2.45) is 11.8 Å². The number of rotatable bonds is 4. The van der Waals surface area contributed by atoms with Gasteiger partial charge in [0.2, 0.25) is 0 Å². The van der Waals surface area contributed by atoms with Crippen LogP contribution in [0.25, 0.3) is 0 Å². The molecule has 3 unspecified atom stereocenters. The topological polar surface area (TPSA) is 54.0 Å². The number of nitrogens with zero attached hydrogens (tertiary/aromatic N) is 1. The van der Waals surface area contributed by atoms with Crippen molar-refractivity contribution in [1.82, 2.24) is 15.6 Å². The van der Waals surface area contributed by atoms with Crippen LogP contribution in [-0.4, -0.2) is 17.1 Å². The fourth-order valence-electron chi connectivity index (χ4n) is 3.13. The quantitative estimate of drug-likeness (QED) is 0.893. The fourth-order valence-corrected chi connectivity index (χ4v) is 3.91. The number of amides is 2. The zero-order valence-electron chi connectivity index (χ0n) is 12.0. The molecule has 0 radical (unpaired) electrons. The third-order valence-electron chi connectivity index (χ3n) is 4.37. The number of aromatic nitrogens is 1. The smallest absolute Gasteiger partial charge is 0.315 e. The number of carbonyl (C=O) groups is 1. The monoisotopic (exact) mass is 293 g/mol. The molecule has 1 aromatic rings. The second-order valence-corrected chi connectivity index (χ2v) is 7.20. The molecule has 2 saturated carbocycles. The summed E-state index contributed by atoms with van der Waals surface area (Å²) >= 11 is 1.63. The van der Waals surface area contributed by atoms with E-state index in [9.17, 15) is 4.79 Å². The van der Waals surface area contributed by atoms with E-state index in [0.717, 1.165) is 23.8 Å². The van der Waals surface area contributed by atoms with Crippen LogP contribution >= 0.6 is 11.3 Å². The third kappa shape index (κ3) is 3.51. The Balaban J connectivity index is 1.54. The first-order valence-corrected chi connectivity index (χ1v) is 8.56. The summed E-state index contributed by atoms with van der Waals surface area (Å²) in [5.74, 6) is 1.31. The highest BCUT2D eigenvalue weighted by molar-refractivity contribution is 7.09. The number of nitrogens with one attached hydrogen (secondary N) is 2. The van der Waals surface area contributed by atoms with E-state index in [1.165, 1.54) is 25.7 Å². The lowest BCUT2D eigenvalue weighted by molar-refractivity contribution is 0.222. The second-order valence-electron chi connectivity index (χ2n) is 6.27. The van der Waals surface area contributed by atoms with Crippen molar-refractivity contribution >= 4 is 17.4 Å². The van der Waals surface area contributed by atoms with Gasteiger partial charge in [-0.1, -0.05) is 19.8 Å². The molecule has 2 N–H and O–H groups in total. The molecule has 110 valence electrons. The Kier molecular flexibility index (Phi) is 4.24. The van der Waals surface area contributed by atoms with E-state index in [0.29, 0.717) is 12.0 Å². The number of thiazole rings is 1. The molecule has 2 fully saturated rings. The lowest BCUT2D eigenvalue weighted by Gasteiger charge is -2.28. The molecule has 3 atom stereocenters. The molecular weight excluding hydrogens is 270 g/mol. The molecule has 0 saturated heterocycles. The van der Waals surface area contributed by atoms with E-state index < -0.39 is 0 Å². The van der Waals surface area contributed by atoms with Crippen LogP contribution in [0.4, 0.5) is 4.79 Å². The largest absolute Gasteiger partial charge is 0.335 e. The molecule has 3 rings (SSSR count). The Morgan fingerprint density at radius 1 is 1.40 bits per heavy atom. The second kappa shape index (κ2) is 6.12. The first kappa shape index (κ1) is 13.9. The Bertz CT molecular complexity index is 444. The number of hydrogen-bond donors (Lipinski definition) is 2. The average Bonchev–Trinajstić information content (AvgIpc) is 3.10. The highest BCUT2D eigenvalue weighted by Gasteiger charge is 2.35. The van der Waals surface area contributed by atoms with Gasteiger partial charge in [0.1, 0.15) is 5.01 Å². The molecule has 2 amide bonds. The summed E-state index contributed by atoms with van der Waals surface area (Å²) in [6.45, 7) is 2.27. The van der Waals surface area contributed by atoms with Crippen molar-refractivity contribution in [3.63, 3.8) is 0 Å². The van der Waals surface area contributed by atoms with Crippen molar-refractivity contribution in [1.29, 1.82) is 0 Å². The molecule has 0 bridgehead atoms. The van der Waals surface area contributed by atoms with Gasteiger partial charge in [0.25, 0.3) is 0 Å². The van der Waals surface area contributed by atoms with Crippen LogP contribution in [0.5, 0.6) is 0 Å². The van der Waals surface area contributed by atoms with E-state index in [4.69, 9.17) is 0 Å². The van der Waals surface area contributed by atoms with Crippen LogP contribution < -0.4 is 10.6 Å². The summed E-state index contributed by atoms with van der Waals surface area (Å²) in [5.41, 5.74) is 0. The predicted octanol–water partition coefficient (Wildman–Crippen LogP) is 3.47. The van der Waals surface area contributed by atoms with Crippen LogP contribution in [0.1, 0.15) is 56.5 Å². The zero-order chi connectivity index (χ0) is 13.9. The van der Waals surface area contributed by atoms with Gasteiger partial charge in [0.15, 0.2) is 0 Å². The molecule has 0 aromatic carbocycles. The van der Waals surface area contributed by atoms with E-state index in [2.05, 4.69) is 22.5 Å². The first-order chi connectivity index (χ1) is 9.72. The van der Waals surface area contributed by atoms with Gasteiger partial charge in [0, 0.05) is 17.6 Å². The van der Waals surface area contributed by atoms with Crippen LogP contribution in [-0.2, 0) is 0 Å². The Morgan fingerprint density at radius 2 is 2.25 bits per heavy atom. The molecule has 2 aliphatic rings. The van der Waals surface area contributed by atoms with Gasteiger partial charge in [-0.15, -0.1) is 11.3 Å². The maximum atomic E-state index is 12.2. The molecule has 0 spiro atoms. The molecule has 4 nitrogen and oxygen atoms in total. The van der Waals surface area contributed by atoms with E-state index >= 15 is 0 Å². The summed E-state index contributed by atoms with van der Waals surface area (Å²) in [5, 5.41) is 9.31. The number of carbonyl (C=O) groups excluding carboxylic acids is 1. The maximum absolute atomic E-state index is 12.2. The predicted molar refractivity (Wildman–Crippen MR) is 80.7 cm³/mol. The number of hydrogen-bond acceptors (Lipinski definition) is 3. The normalized spacial score (nSPS) is 27.9. The van der Waals surface area contributed by atoms with Gasteiger partial charge in [-0.2, -0.15) is 0 Å². The summed E-state index contributed by atoms with van der Waals surface area (Å²) in [6, 6.07) is 0.433. The fraction of sp³-hybridized carbons (Fsp3) is 0.733. The van der Waals surface area contributed by atoms with Crippen LogP contribution in [0.3, 0.4) is 0 Å². The van der Waals surface area contributed by atoms with Crippen LogP contribution in [0, 0.1) is 11.8 Å². The molecule has 2 aliphatic carbocycles. The summed E-state index contributed by atoms with van der Waals surface area (Å²) in [7, 11) is 0. The Labute approximate surface area is 124 Å². The van der Waals surface area contributed by atoms with Gasteiger partial charge in [-0.05, 0) is 37.5 Å².